The maximum Gasteiger partial charge on any atom is 0.149 e. The van der Waals surface area contributed by atoms with Gasteiger partial charge < -0.3 is 10.1 Å². The molecule has 4 heteroatoms. The van der Waals surface area contributed by atoms with Crippen LogP contribution in [0.5, 0.6) is 0 Å². The number of methoxy groups -OCH3 is 1. The first-order valence-electron chi connectivity index (χ1n) is 7.15. The molecule has 0 aromatic carbocycles. The quantitative estimate of drug-likeness (QED) is 0.842. The van der Waals surface area contributed by atoms with Crippen molar-refractivity contribution in [3.8, 4) is 6.07 Å². The van der Waals surface area contributed by atoms with E-state index in [1.807, 2.05) is 6.92 Å². The van der Waals surface area contributed by atoms with Crippen molar-refractivity contribution in [1.82, 2.24) is 5.32 Å². The Kier molecular flexibility index (Phi) is 3.46. The third-order valence-electron chi connectivity index (χ3n) is 4.86. The molecule has 0 bridgehead atoms. The summed E-state index contributed by atoms with van der Waals surface area (Å²) < 4.78 is 5.36. The fourth-order valence-corrected chi connectivity index (χ4v) is 2.90. The van der Waals surface area contributed by atoms with Gasteiger partial charge in [-0.15, -0.1) is 0 Å². The molecule has 1 N–H and O–H groups in total. The first-order chi connectivity index (χ1) is 9.13. The Balaban J connectivity index is 2.28. The summed E-state index contributed by atoms with van der Waals surface area (Å²) in [5.41, 5.74) is 1.57. The van der Waals surface area contributed by atoms with E-state index in [4.69, 9.17) is 4.74 Å². The van der Waals surface area contributed by atoms with E-state index in [0.29, 0.717) is 0 Å². The zero-order valence-corrected chi connectivity index (χ0v) is 13.4. The van der Waals surface area contributed by atoms with E-state index < -0.39 is 5.54 Å². The first-order valence-corrected chi connectivity index (χ1v) is 7.15. The molecule has 2 aliphatic rings. The number of rotatable bonds is 2. The van der Waals surface area contributed by atoms with Gasteiger partial charge >= 0.3 is 0 Å². The molecular formula is C16H25N3O. The molecule has 0 spiro atoms. The number of aliphatic imine (C=N–C) groups is 1. The second kappa shape index (κ2) is 4.60. The van der Waals surface area contributed by atoms with Crippen LogP contribution in [0, 0.1) is 22.2 Å². The molecule has 1 fully saturated rings. The zero-order chi connectivity index (χ0) is 15.2. The Hall–Kier alpha value is -1.34. The summed E-state index contributed by atoms with van der Waals surface area (Å²) in [4.78, 5) is 4.64. The van der Waals surface area contributed by atoms with Crippen molar-refractivity contribution in [3.05, 3.63) is 11.8 Å². The molecule has 0 radical (unpaired) electrons. The Morgan fingerprint density at radius 2 is 2.00 bits per heavy atom. The van der Waals surface area contributed by atoms with Gasteiger partial charge in [0, 0.05) is 35.8 Å². The third kappa shape index (κ3) is 2.35. The van der Waals surface area contributed by atoms with Crippen molar-refractivity contribution in [1.29, 1.82) is 5.26 Å². The largest absolute Gasteiger partial charge is 0.370 e. The normalized spacial score (nSPS) is 36.5. The van der Waals surface area contributed by atoms with Gasteiger partial charge in [-0.1, -0.05) is 27.7 Å². The van der Waals surface area contributed by atoms with Crippen LogP contribution in [0.2, 0.25) is 0 Å². The van der Waals surface area contributed by atoms with Gasteiger partial charge in [-0.2, -0.15) is 5.26 Å². The number of nitrogens with one attached hydrogen (secondary N) is 1. The summed E-state index contributed by atoms with van der Waals surface area (Å²) in [6.45, 7) is 10.6. The summed E-state index contributed by atoms with van der Waals surface area (Å²) >= 11 is 0. The van der Waals surface area contributed by atoms with Crippen LogP contribution in [-0.2, 0) is 4.74 Å². The average Bonchev–Trinajstić information content (AvgIpc) is 2.74. The highest BCUT2D eigenvalue weighted by Crippen LogP contribution is 2.43. The Labute approximate surface area is 121 Å². The standard InChI is InChI=1S/C16H25N3O/c1-14(2)9-13(20-6)18-12(14)7-11-8-15(3,4)16(5,10-17)19-11/h7,13,19H,8-9H2,1-6H3/b11-7-. The van der Waals surface area contributed by atoms with Crippen LogP contribution < -0.4 is 5.32 Å². The SMILES string of the molecule is COC1CC(C)(C)C(/C=C2/CC(C)(C)C(C)(C#N)N2)=N1. The van der Waals surface area contributed by atoms with Gasteiger partial charge in [0.1, 0.15) is 11.8 Å². The van der Waals surface area contributed by atoms with Crippen molar-refractivity contribution in [3.63, 3.8) is 0 Å². The number of hydrogen-bond donors (Lipinski definition) is 1. The van der Waals surface area contributed by atoms with Gasteiger partial charge in [0.2, 0.25) is 0 Å². The van der Waals surface area contributed by atoms with Gasteiger partial charge in [-0.05, 0) is 19.4 Å². The fraction of sp³-hybridized carbons (Fsp3) is 0.750. The van der Waals surface area contributed by atoms with Crippen LogP contribution in [0.1, 0.15) is 47.5 Å². The Bertz CT molecular complexity index is 510. The molecule has 2 unspecified atom stereocenters. The zero-order valence-electron chi connectivity index (χ0n) is 13.4. The molecule has 0 saturated carbocycles. The third-order valence-corrected chi connectivity index (χ3v) is 4.86. The number of allylic oxidation sites excluding steroid dienone is 2. The summed E-state index contributed by atoms with van der Waals surface area (Å²) in [5.74, 6) is 0. The van der Waals surface area contributed by atoms with E-state index in [9.17, 15) is 5.26 Å². The minimum absolute atomic E-state index is 0.0190. The van der Waals surface area contributed by atoms with E-state index in [1.165, 1.54) is 0 Å². The van der Waals surface area contributed by atoms with E-state index in [1.54, 1.807) is 7.11 Å². The number of hydrogen-bond acceptors (Lipinski definition) is 4. The van der Waals surface area contributed by atoms with Crippen LogP contribution in [0.3, 0.4) is 0 Å². The highest BCUT2D eigenvalue weighted by Gasteiger charge is 2.48. The molecule has 2 atom stereocenters. The van der Waals surface area contributed by atoms with Crippen molar-refractivity contribution in [2.24, 2.45) is 15.8 Å². The lowest BCUT2D eigenvalue weighted by atomic mass is 9.75. The molecule has 1 saturated heterocycles. The van der Waals surface area contributed by atoms with Gasteiger partial charge in [0.25, 0.3) is 0 Å². The van der Waals surface area contributed by atoms with Crippen LogP contribution in [0.15, 0.2) is 16.8 Å². The minimum atomic E-state index is -0.525. The lowest BCUT2D eigenvalue weighted by molar-refractivity contribution is 0.0965. The summed E-state index contributed by atoms with van der Waals surface area (Å²) in [7, 11) is 1.70. The molecule has 0 amide bonds. The van der Waals surface area contributed by atoms with Gasteiger partial charge in [0.05, 0.1) is 6.07 Å². The highest BCUT2D eigenvalue weighted by atomic mass is 16.5. The Morgan fingerprint density at radius 3 is 2.45 bits per heavy atom. The van der Waals surface area contributed by atoms with Crippen LogP contribution in [-0.4, -0.2) is 24.6 Å². The van der Waals surface area contributed by atoms with Gasteiger partial charge in [0.15, 0.2) is 0 Å². The summed E-state index contributed by atoms with van der Waals surface area (Å²) in [5, 5.41) is 12.8. The molecule has 0 aliphatic carbocycles. The molecule has 2 aliphatic heterocycles. The van der Waals surface area contributed by atoms with E-state index in [0.717, 1.165) is 24.3 Å². The number of nitriles is 1. The van der Waals surface area contributed by atoms with Crippen molar-refractivity contribution in [2.75, 3.05) is 7.11 Å². The number of ether oxygens (including phenoxy) is 1. The van der Waals surface area contributed by atoms with Crippen LogP contribution in [0.25, 0.3) is 0 Å². The maximum absolute atomic E-state index is 9.43. The summed E-state index contributed by atoms with van der Waals surface area (Å²) in [6.07, 6.45) is 3.84. The smallest absolute Gasteiger partial charge is 0.149 e. The minimum Gasteiger partial charge on any atom is -0.370 e. The molecule has 0 aromatic rings. The lowest BCUT2D eigenvalue weighted by Gasteiger charge is -2.30. The van der Waals surface area contributed by atoms with Gasteiger partial charge in [-0.3, -0.25) is 4.99 Å². The first kappa shape index (κ1) is 15.1. The molecule has 4 nitrogen and oxygen atoms in total. The molecule has 110 valence electrons. The van der Waals surface area contributed by atoms with Crippen molar-refractivity contribution >= 4 is 5.71 Å². The van der Waals surface area contributed by atoms with E-state index >= 15 is 0 Å². The predicted octanol–water partition coefficient (Wildman–Crippen LogP) is 3.02. The molecule has 0 aromatic heterocycles. The van der Waals surface area contributed by atoms with Crippen molar-refractivity contribution in [2.45, 2.75) is 59.2 Å². The average molecular weight is 275 g/mol. The van der Waals surface area contributed by atoms with Crippen LogP contribution in [0.4, 0.5) is 0 Å². The van der Waals surface area contributed by atoms with E-state index in [2.05, 4.69) is 50.1 Å². The predicted molar refractivity (Wildman–Crippen MR) is 80.3 cm³/mol. The fourth-order valence-electron chi connectivity index (χ4n) is 2.90. The molecule has 2 heterocycles. The topological polar surface area (TPSA) is 57.4 Å². The number of nitrogens with zero attached hydrogens (tertiary/aromatic N) is 2. The second-order valence-corrected chi connectivity index (χ2v) is 7.38. The van der Waals surface area contributed by atoms with Crippen LogP contribution >= 0.6 is 0 Å². The monoisotopic (exact) mass is 275 g/mol. The summed E-state index contributed by atoms with van der Waals surface area (Å²) in [6, 6.07) is 2.41. The van der Waals surface area contributed by atoms with Crippen molar-refractivity contribution < 1.29 is 4.74 Å². The molecular weight excluding hydrogens is 250 g/mol. The molecule has 2 rings (SSSR count). The highest BCUT2D eigenvalue weighted by molar-refractivity contribution is 6.01. The lowest BCUT2D eigenvalue weighted by Crippen LogP contribution is -2.44. The second-order valence-electron chi connectivity index (χ2n) is 7.38. The van der Waals surface area contributed by atoms with Gasteiger partial charge in [-0.25, -0.2) is 0 Å². The van der Waals surface area contributed by atoms with E-state index in [-0.39, 0.29) is 17.1 Å². The Morgan fingerprint density at radius 1 is 1.35 bits per heavy atom. The molecule has 20 heavy (non-hydrogen) atoms. The maximum atomic E-state index is 9.43.